The number of hydrogen-bond donors (Lipinski definition) is 1. The van der Waals surface area contributed by atoms with Crippen molar-refractivity contribution in [1.29, 1.82) is 0 Å². The van der Waals surface area contributed by atoms with Gasteiger partial charge in [-0.05, 0) is 54.8 Å². The number of hydrogen-bond acceptors (Lipinski definition) is 4. The Balaban J connectivity index is 1.61. The summed E-state index contributed by atoms with van der Waals surface area (Å²) < 4.78 is 7.57. The third kappa shape index (κ3) is 6.26. The largest absolute Gasteiger partial charge is 0.487 e. The molecule has 0 saturated heterocycles. The summed E-state index contributed by atoms with van der Waals surface area (Å²) in [6.07, 6.45) is 2.58. The number of aromatic nitrogens is 2. The fourth-order valence-corrected chi connectivity index (χ4v) is 4.71. The van der Waals surface area contributed by atoms with Crippen LogP contribution < -0.4 is 10.3 Å². The minimum atomic E-state index is -0.976. The van der Waals surface area contributed by atoms with Crippen LogP contribution in [0.4, 0.5) is 0 Å². The van der Waals surface area contributed by atoms with E-state index < -0.39 is 5.97 Å². The summed E-state index contributed by atoms with van der Waals surface area (Å²) in [6, 6.07) is 19.2. The molecule has 4 rings (SSSR count). The molecule has 0 atom stereocenters. The predicted octanol–water partition coefficient (Wildman–Crippen LogP) is 7.19. The third-order valence-corrected chi connectivity index (χ3v) is 6.88. The number of nitrogens with zero attached hydrogens (tertiary/aromatic N) is 2. The van der Waals surface area contributed by atoms with Gasteiger partial charge < -0.3 is 9.84 Å². The van der Waals surface area contributed by atoms with E-state index >= 15 is 0 Å². The van der Waals surface area contributed by atoms with Gasteiger partial charge >= 0.3 is 5.97 Å². The lowest BCUT2D eigenvalue weighted by molar-refractivity contribution is 0.0697. The van der Waals surface area contributed by atoms with Gasteiger partial charge in [0.1, 0.15) is 18.2 Å². The van der Waals surface area contributed by atoms with Crippen LogP contribution in [0.15, 0.2) is 71.5 Å². The van der Waals surface area contributed by atoms with E-state index in [0.717, 1.165) is 29.8 Å². The van der Waals surface area contributed by atoms with Gasteiger partial charge in [0.25, 0.3) is 5.56 Å². The number of halogens is 2. The van der Waals surface area contributed by atoms with Gasteiger partial charge in [0.05, 0.1) is 28.4 Å². The number of carboxylic acids is 1. The van der Waals surface area contributed by atoms with Gasteiger partial charge in [0.15, 0.2) is 0 Å². The SMILES string of the molecule is CCCCc1nc(C)c(-c2ccccc2Cl)c(=O)n1Cc1ccc(OCc2ccc(C(=O)O)cc2)c(Cl)c1. The summed E-state index contributed by atoms with van der Waals surface area (Å²) in [5.41, 5.74) is 3.55. The number of aryl methyl sites for hydroxylation is 2. The fourth-order valence-electron chi connectivity index (χ4n) is 4.23. The van der Waals surface area contributed by atoms with Crippen molar-refractivity contribution < 1.29 is 14.6 Å². The van der Waals surface area contributed by atoms with E-state index in [-0.39, 0.29) is 17.7 Å². The molecule has 0 amide bonds. The average Bonchev–Trinajstić information content (AvgIpc) is 2.90. The first-order valence-electron chi connectivity index (χ1n) is 12.4. The van der Waals surface area contributed by atoms with Crippen molar-refractivity contribution in [3.8, 4) is 16.9 Å². The molecule has 0 radical (unpaired) electrons. The quantitative estimate of drug-likeness (QED) is 0.226. The second-order valence-corrected chi connectivity index (χ2v) is 9.83. The molecule has 1 N–H and O–H groups in total. The number of unbranched alkanes of at least 4 members (excludes halogenated alkanes) is 1. The molecule has 0 spiro atoms. The molecule has 196 valence electrons. The standard InChI is InChI=1S/C30H28Cl2N2O4/c1-3-4-9-27-33-19(2)28(23-7-5-6-8-24(23)31)29(35)34(27)17-21-12-15-26(25(32)16-21)38-18-20-10-13-22(14-11-20)30(36)37/h5-8,10-16H,3-4,9,17-18H2,1-2H3,(H,36,37). The predicted molar refractivity (Wildman–Crippen MR) is 151 cm³/mol. The van der Waals surface area contributed by atoms with E-state index in [2.05, 4.69) is 6.92 Å². The Labute approximate surface area is 231 Å². The van der Waals surface area contributed by atoms with Crippen LogP contribution in [0.25, 0.3) is 11.1 Å². The molecule has 1 aromatic heterocycles. The molecule has 8 heteroatoms. The maximum absolute atomic E-state index is 13.8. The minimum absolute atomic E-state index is 0.141. The Bertz CT molecular complexity index is 1510. The van der Waals surface area contributed by atoms with E-state index in [4.69, 9.17) is 38.0 Å². The lowest BCUT2D eigenvalue weighted by atomic mass is 10.0. The highest BCUT2D eigenvalue weighted by atomic mass is 35.5. The van der Waals surface area contributed by atoms with E-state index in [0.29, 0.717) is 45.6 Å². The molecule has 0 aliphatic heterocycles. The van der Waals surface area contributed by atoms with Crippen LogP contribution in [0.3, 0.4) is 0 Å². The second-order valence-electron chi connectivity index (χ2n) is 9.02. The van der Waals surface area contributed by atoms with E-state index in [1.165, 1.54) is 12.1 Å². The zero-order valence-corrected chi connectivity index (χ0v) is 22.7. The lowest BCUT2D eigenvalue weighted by Gasteiger charge is -2.17. The highest BCUT2D eigenvalue weighted by molar-refractivity contribution is 6.33. The molecule has 3 aromatic carbocycles. The van der Waals surface area contributed by atoms with Crippen molar-refractivity contribution in [1.82, 2.24) is 9.55 Å². The first-order valence-corrected chi connectivity index (χ1v) is 13.1. The number of carboxylic acid groups (broad SMARTS) is 1. The second kappa shape index (κ2) is 12.3. The first-order chi connectivity index (χ1) is 18.3. The van der Waals surface area contributed by atoms with Crippen molar-refractivity contribution >= 4 is 29.2 Å². The molecule has 0 saturated carbocycles. The zero-order chi connectivity index (χ0) is 27.2. The Morgan fingerprint density at radius 2 is 1.71 bits per heavy atom. The van der Waals surface area contributed by atoms with E-state index in [1.54, 1.807) is 34.9 Å². The van der Waals surface area contributed by atoms with Crippen molar-refractivity contribution in [2.24, 2.45) is 0 Å². The maximum Gasteiger partial charge on any atom is 0.335 e. The summed E-state index contributed by atoms with van der Waals surface area (Å²) in [7, 11) is 0. The molecule has 1 heterocycles. The van der Waals surface area contributed by atoms with E-state index in [1.807, 2.05) is 31.2 Å². The van der Waals surface area contributed by atoms with Crippen molar-refractivity contribution in [3.63, 3.8) is 0 Å². The first kappa shape index (κ1) is 27.4. The Morgan fingerprint density at radius 1 is 1.00 bits per heavy atom. The monoisotopic (exact) mass is 550 g/mol. The van der Waals surface area contributed by atoms with Crippen LogP contribution in [0.5, 0.6) is 5.75 Å². The van der Waals surface area contributed by atoms with Gasteiger partial charge in [-0.15, -0.1) is 0 Å². The molecule has 0 aliphatic carbocycles. The van der Waals surface area contributed by atoms with Gasteiger partial charge in [-0.3, -0.25) is 9.36 Å². The highest BCUT2D eigenvalue weighted by Gasteiger charge is 2.18. The van der Waals surface area contributed by atoms with Gasteiger partial charge in [0.2, 0.25) is 0 Å². The van der Waals surface area contributed by atoms with Crippen LogP contribution in [0.2, 0.25) is 10.0 Å². The summed E-state index contributed by atoms with van der Waals surface area (Å²) in [6.45, 7) is 4.49. The highest BCUT2D eigenvalue weighted by Crippen LogP contribution is 2.29. The molecule has 0 fully saturated rings. The number of ether oxygens (including phenoxy) is 1. The maximum atomic E-state index is 13.8. The number of benzene rings is 3. The van der Waals surface area contributed by atoms with Crippen LogP contribution in [-0.4, -0.2) is 20.6 Å². The molecular weight excluding hydrogens is 523 g/mol. The molecule has 6 nitrogen and oxygen atoms in total. The van der Waals surface area contributed by atoms with Crippen LogP contribution >= 0.6 is 23.2 Å². The van der Waals surface area contributed by atoms with Crippen molar-refractivity contribution in [2.75, 3.05) is 0 Å². The smallest absolute Gasteiger partial charge is 0.335 e. The Hall–Kier alpha value is -3.61. The van der Waals surface area contributed by atoms with Gasteiger partial charge in [0, 0.05) is 17.0 Å². The zero-order valence-electron chi connectivity index (χ0n) is 21.2. The van der Waals surface area contributed by atoms with Crippen LogP contribution in [0, 0.1) is 6.92 Å². The molecular formula is C30H28Cl2N2O4. The summed E-state index contributed by atoms with van der Waals surface area (Å²) in [4.78, 5) is 29.6. The van der Waals surface area contributed by atoms with Crippen LogP contribution in [0.1, 0.15) is 52.8 Å². The number of rotatable bonds is 10. The Kier molecular flexibility index (Phi) is 8.87. The fraction of sp³-hybridized carbons (Fsp3) is 0.233. The topological polar surface area (TPSA) is 81.4 Å². The number of carbonyl (C=O) groups is 1. The summed E-state index contributed by atoms with van der Waals surface area (Å²) in [5.74, 6) is 0.248. The van der Waals surface area contributed by atoms with Crippen LogP contribution in [-0.2, 0) is 19.6 Å². The van der Waals surface area contributed by atoms with Gasteiger partial charge in [-0.2, -0.15) is 0 Å². The summed E-state index contributed by atoms with van der Waals surface area (Å²) in [5, 5.41) is 9.97. The number of aromatic carboxylic acids is 1. The normalized spacial score (nSPS) is 10.9. The minimum Gasteiger partial charge on any atom is -0.487 e. The molecule has 4 aromatic rings. The van der Waals surface area contributed by atoms with E-state index in [9.17, 15) is 9.59 Å². The van der Waals surface area contributed by atoms with Gasteiger partial charge in [-0.1, -0.05) is 72.9 Å². The summed E-state index contributed by atoms with van der Waals surface area (Å²) >= 11 is 13.0. The molecule has 0 aliphatic rings. The lowest BCUT2D eigenvalue weighted by Crippen LogP contribution is -2.28. The Morgan fingerprint density at radius 3 is 2.37 bits per heavy atom. The molecule has 0 unspecified atom stereocenters. The molecule has 38 heavy (non-hydrogen) atoms. The van der Waals surface area contributed by atoms with Crippen molar-refractivity contribution in [2.45, 2.75) is 46.3 Å². The third-order valence-electron chi connectivity index (χ3n) is 6.26. The molecule has 0 bridgehead atoms. The van der Waals surface area contributed by atoms with Crippen molar-refractivity contribution in [3.05, 3.63) is 115 Å². The average molecular weight is 551 g/mol. The van der Waals surface area contributed by atoms with Gasteiger partial charge in [-0.25, -0.2) is 9.78 Å².